The van der Waals surface area contributed by atoms with Gasteiger partial charge in [-0.2, -0.15) is 0 Å². The lowest BCUT2D eigenvalue weighted by atomic mass is 9.87. The van der Waals surface area contributed by atoms with Gasteiger partial charge in [-0.3, -0.25) is 9.78 Å². The van der Waals surface area contributed by atoms with Crippen molar-refractivity contribution in [3.63, 3.8) is 0 Å². The lowest BCUT2D eigenvalue weighted by Crippen LogP contribution is -2.36. The van der Waals surface area contributed by atoms with E-state index in [0.717, 1.165) is 50.6 Å². The van der Waals surface area contributed by atoms with Gasteiger partial charge in [0.05, 0.1) is 0 Å². The molecule has 1 aromatic rings. The summed E-state index contributed by atoms with van der Waals surface area (Å²) in [6.07, 6.45) is 11.2. The number of pyridine rings is 1. The number of ether oxygens (including phenoxy) is 1. The fourth-order valence-electron chi connectivity index (χ4n) is 3.90. The van der Waals surface area contributed by atoms with Gasteiger partial charge in [0, 0.05) is 31.4 Å². The van der Waals surface area contributed by atoms with Gasteiger partial charge in [-0.15, -0.1) is 0 Å². The van der Waals surface area contributed by atoms with E-state index < -0.39 is 0 Å². The molecule has 3 rings (SSSR count). The van der Waals surface area contributed by atoms with Crippen LogP contribution >= 0.6 is 0 Å². The summed E-state index contributed by atoms with van der Waals surface area (Å²) < 4.78 is 5.52. The van der Waals surface area contributed by atoms with E-state index in [4.69, 9.17) is 4.74 Å². The van der Waals surface area contributed by atoms with Crippen LogP contribution in [0.5, 0.6) is 0 Å². The van der Waals surface area contributed by atoms with Crippen molar-refractivity contribution >= 4 is 12.0 Å². The Balaban J connectivity index is 1.29. The Morgan fingerprint density at radius 2 is 1.69 bits per heavy atom. The van der Waals surface area contributed by atoms with Crippen LogP contribution in [0.25, 0.3) is 0 Å². The first-order valence-corrected chi connectivity index (χ1v) is 9.82. The molecule has 2 aliphatic carbocycles. The van der Waals surface area contributed by atoms with Crippen molar-refractivity contribution in [3.8, 4) is 0 Å². The first kappa shape index (κ1) is 18.7. The molecule has 0 atom stereocenters. The van der Waals surface area contributed by atoms with Gasteiger partial charge in [0.15, 0.2) is 0 Å². The fourth-order valence-corrected chi connectivity index (χ4v) is 3.90. The average Bonchev–Trinajstić information content (AvgIpc) is 3.21. The minimum atomic E-state index is -0.361. The highest BCUT2D eigenvalue weighted by Crippen LogP contribution is 2.27. The smallest absolute Gasteiger partial charge is 0.407 e. The molecule has 0 spiro atoms. The van der Waals surface area contributed by atoms with E-state index in [0.29, 0.717) is 12.5 Å². The van der Waals surface area contributed by atoms with Crippen molar-refractivity contribution in [1.29, 1.82) is 0 Å². The Labute approximate surface area is 155 Å². The molecule has 0 bridgehead atoms. The zero-order valence-electron chi connectivity index (χ0n) is 15.3. The van der Waals surface area contributed by atoms with Crippen molar-refractivity contribution in [1.82, 2.24) is 15.6 Å². The second-order valence-corrected chi connectivity index (χ2v) is 7.48. The van der Waals surface area contributed by atoms with Crippen molar-refractivity contribution in [2.75, 3.05) is 6.54 Å². The van der Waals surface area contributed by atoms with Crippen LogP contribution in [0.4, 0.5) is 4.79 Å². The number of nitrogens with zero attached hydrogens (tertiary/aromatic N) is 1. The first-order chi connectivity index (χ1) is 12.7. The number of amides is 2. The van der Waals surface area contributed by atoms with Crippen LogP contribution in [-0.2, 0) is 16.1 Å². The highest BCUT2D eigenvalue weighted by Gasteiger charge is 2.26. The average molecular weight is 359 g/mol. The van der Waals surface area contributed by atoms with Crippen LogP contribution in [0.2, 0.25) is 0 Å². The third-order valence-corrected chi connectivity index (χ3v) is 5.54. The quantitative estimate of drug-likeness (QED) is 0.817. The van der Waals surface area contributed by atoms with Crippen molar-refractivity contribution in [2.24, 2.45) is 11.8 Å². The standard InChI is InChI=1S/C20H29N3O3/c24-19(17-3-1-2-4-17)22-13-15-5-7-18(8-6-15)26-20(25)23-14-16-9-11-21-12-10-16/h9-12,15,17-18H,1-8,13-14H2,(H,22,24)(H,23,25). The number of carbonyl (C=O) groups is 2. The molecule has 26 heavy (non-hydrogen) atoms. The maximum absolute atomic E-state index is 12.1. The topological polar surface area (TPSA) is 80.3 Å². The Bertz CT molecular complexity index is 579. The van der Waals surface area contributed by atoms with E-state index in [9.17, 15) is 9.59 Å². The lowest BCUT2D eigenvalue weighted by Gasteiger charge is -2.28. The molecule has 2 N–H and O–H groups in total. The van der Waals surface area contributed by atoms with Crippen LogP contribution in [0.3, 0.4) is 0 Å². The van der Waals surface area contributed by atoms with Crippen molar-refractivity contribution in [3.05, 3.63) is 30.1 Å². The van der Waals surface area contributed by atoms with Crippen molar-refractivity contribution < 1.29 is 14.3 Å². The summed E-state index contributed by atoms with van der Waals surface area (Å²) in [5.41, 5.74) is 0.999. The zero-order chi connectivity index (χ0) is 18.2. The van der Waals surface area contributed by atoms with Gasteiger partial charge < -0.3 is 15.4 Å². The third kappa shape index (κ3) is 5.71. The number of hydrogen-bond acceptors (Lipinski definition) is 4. The van der Waals surface area contributed by atoms with E-state index in [1.165, 1.54) is 12.8 Å². The maximum Gasteiger partial charge on any atom is 0.407 e. The molecule has 1 aromatic heterocycles. The van der Waals surface area contributed by atoms with Gasteiger partial charge in [0.1, 0.15) is 6.10 Å². The second kappa shape index (κ2) is 9.55. The summed E-state index contributed by atoms with van der Waals surface area (Å²) in [4.78, 5) is 28.0. The third-order valence-electron chi connectivity index (χ3n) is 5.54. The van der Waals surface area contributed by atoms with E-state index in [-0.39, 0.29) is 24.0 Å². The molecule has 6 nitrogen and oxygen atoms in total. The van der Waals surface area contributed by atoms with E-state index in [2.05, 4.69) is 15.6 Å². The van der Waals surface area contributed by atoms with Crippen LogP contribution in [0.1, 0.15) is 56.9 Å². The summed E-state index contributed by atoms with van der Waals surface area (Å²) in [7, 11) is 0. The molecule has 2 aliphatic rings. The second-order valence-electron chi connectivity index (χ2n) is 7.48. The number of carbonyl (C=O) groups excluding carboxylic acids is 2. The number of nitrogens with one attached hydrogen (secondary N) is 2. The molecule has 0 aliphatic heterocycles. The van der Waals surface area contributed by atoms with Gasteiger partial charge >= 0.3 is 6.09 Å². The van der Waals surface area contributed by atoms with Gasteiger partial charge in [-0.1, -0.05) is 12.8 Å². The summed E-state index contributed by atoms with van der Waals surface area (Å²) in [5, 5.41) is 5.91. The molecule has 1 heterocycles. The molecule has 6 heteroatoms. The summed E-state index contributed by atoms with van der Waals surface area (Å²) >= 11 is 0. The Hall–Kier alpha value is -2.11. The first-order valence-electron chi connectivity index (χ1n) is 9.82. The zero-order valence-corrected chi connectivity index (χ0v) is 15.3. The van der Waals surface area contributed by atoms with E-state index in [1.807, 2.05) is 12.1 Å². The molecule has 0 saturated heterocycles. The molecule has 0 unspecified atom stereocenters. The van der Waals surface area contributed by atoms with Gasteiger partial charge in [0.2, 0.25) is 5.91 Å². The lowest BCUT2D eigenvalue weighted by molar-refractivity contribution is -0.125. The fraction of sp³-hybridized carbons (Fsp3) is 0.650. The van der Waals surface area contributed by atoms with Gasteiger partial charge in [-0.05, 0) is 62.1 Å². The number of hydrogen-bond donors (Lipinski definition) is 2. The number of rotatable bonds is 6. The minimum Gasteiger partial charge on any atom is -0.446 e. The Morgan fingerprint density at radius 3 is 2.38 bits per heavy atom. The monoisotopic (exact) mass is 359 g/mol. The molecule has 0 radical (unpaired) electrons. The summed E-state index contributed by atoms with van der Waals surface area (Å²) in [5.74, 6) is 0.968. The van der Waals surface area contributed by atoms with Gasteiger partial charge in [-0.25, -0.2) is 4.79 Å². The highest BCUT2D eigenvalue weighted by atomic mass is 16.6. The molecule has 0 aromatic carbocycles. The maximum atomic E-state index is 12.1. The van der Waals surface area contributed by atoms with Crippen LogP contribution in [-0.4, -0.2) is 29.6 Å². The van der Waals surface area contributed by atoms with Crippen LogP contribution in [0, 0.1) is 11.8 Å². The van der Waals surface area contributed by atoms with Crippen LogP contribution in [0.15, 0.2) is 24.5 Å². The van der Waals surface area contributed by atoms with Gasteiger partial charge in [0.25, 0.3) is 0 Å². The van der Waals surface area contributed by atoms with Crippen LogP contribution < -0.4 is 10.6 Å². The molecule has 2 saturated carbocycles. The Kier molecular flexibility index (Phi) is 6.86. The minimum absolute atomic E-state index is 0.0192. The molecule has 2 fully saturated rings. The Morgan fingerprint density at radius 1 is 1.00 bits per heavy atom. The molecular weight excluding hydrogens is 330 g/mol. The van der Waals surface area contributed by atoms with E-state index >= 15 is 0 Å². The predicted molar refractivity (Wildman–Crippen MR) is 98.3 cm³/mol. The van der Waals surface area contributed by atoms with Crippen molar-refractivity contribution in [2.45, 2.75) is 64.0 Å². The molecule has 142 valence electrons. The number of aromatic nitrogens is 1. The largest absolute Gasteiger partial charge is 0.446 e. The molecular formula is C20H29N3O3. The number of alkyl carbamates (subject to hydrolysis) is 1. The summed E-state index contributed by atoms with van der Waals surface area (Å²) in [6.45, 7) is 1.21. The predicted octanol–water partition coefficient (Wildman–Crippen LogP) is 3.17. The summed E-state index contributed by atoms with van der Waals surface area (Å²) in [6, 6.07) is 3.73. The molecule has 2 amide bonds. The van der Waals surface area contributed by atoms with E-state index in [1.54, 1.807) is 12.4 Å². The normalized spacial score (nSPS) is 23.4. The SMILES string of the molecule is O=C(NCc1ccncc1)OC1CCC(CNC(=O)C2CCCC2)CC1. The highest BCUT2D eigenvalue weighted by molar-refractivity contribution is 5.78.